The molecule has 76 valence electrons. The van der Waals surface area contributed by atoms with Crippen molar-refractivity contribution in [3.05, 3.63) is 34.3 Å². The maximum Gasteiger partial charge on any atom is 0.222 e. The normalized spacial score (nSPS) is 9.93. The van der Waals surface area contributed by atoms with E-state index < -0.39 is 0 Å². The van der Waals surface area contributed by atoms with Crippen LogP contribution in [-0.4, -0.2) is 17.9 Å². The Labute approximate surface area is 93.0 Å². The van der Waals surface area contributed by atoms with E-state index in [1.807, 2.05) is 38.2 Å². The first-order valence-electron chi connectivity index (χ1n) is 4.62. The zero-order chi connectivity index (χ0) is 10.6. The van der Waals surface area contributed by atoms with Crippen molar-refractivity contribution in [1.82, 2.24) is 4.90 Å². The van der Waals surface area contributed by atoms with Crippen LogP contribution in [0.3, 0.4) is 0 Å². The number of hydrogen-bond donors (Lipinski definition) is 0. The zero-order valence-electron chi connectivity index (χ0n) is 8.46. The summed E-state index contributed by atoms with van der Waals surface area (Å²) in [7, 11) is 1.82. The summed E-state index contributed by atoms with van der Waals surface area (Å²) in [4.78, 5) is 13.1. The van der Waals surface area contributed by atoms with Crippen molar-refractivity contribution in [2.45, 2.75) is 19.9 Å². The van der Waals surface area contributed by atoms with Crippen molar-refractivity contribution in [1.29, 1.82) is 0 Å². The highest BCUT2D eigenvalue weighted by molar-refractivity contribution is 9.10. The van der Waals surface area contributed by atoms with E-state index in [2.05, 4.69) is 15.9 Å². The van der Waals surface area contributed by atoms with Gasteiger partial charge in [0.2, 0.25) is 5.91 Å². The molecule has 0 aliphatic carbocycles. The van der Waals surface area contributed by atoms with Gasteiger partial charge in [-0.2, -0.15) is 0 Å². The summed E-state index contributed by atoms with van der Waals surface area (Å²) >= 11 is 3.46. The molecule has 0 bridgehead atoms. The van der Waals surface area contributed by atoms with Crippen LogP contribution in [0.25, 0.3) is 0 Å². The summed E-state index contributed by atoms with van der Waals surface area (Å²) in [6.45, 7) is 2.53. The van der Waals surface area contributed by atoms with Crippen LogP contribution in [0.15, 0.2) is 28.7 Å². The molecule has 1 amide bonds. The van der Waals surface area contributed by atoms with Crippen LogP contribution in [0.1, 0.15) is 18.9 Å². The molecule has 1 rings (SSSR count). The van der Waals surface area contributed by atoms with Crippen molar-refractivity contribution in [3.63, 3.8) is 0 Å². The Bertz CT molecular complexity index is 325. The minimum Gasteiger partial charge on any atom is -0.341 e. The van der Waals surface area contributed by atoms with E-state index in [9.17, 15) is 4.79 Å². The fourth-order valence-corrected chi connectivity index (χ4v) is 1.65. The van der Waals surface area contributed by atoms with Gasteiger partial charge in [0.15, 0.2) is 0 Å². The van der Waals surface area contributed by atoms with Gasteiger partial charge in [-0.05, 0) is 11.6 Å². The van der Waals surface area contributed by atoms with E-state index in [0.717, 1.165) is 10.0 Å². The summed E-state index contributed by atoms with van der Waals surface area (Å²) in [5.41, 5.74) is 1.14. The first kappa shape index (κ1) is 11.2. The van der Waals surface area contributed by atoms with Crippen LogP contribution in [-0.2, 0) is 11.3 Å². The van der Waals surface area contributed by atoms with Gasteiger partial charge in [-0.3, -0.25) is 4.79 Å². The number of carbonyl (C=O) groups excluding carboxylic acids is 1. The molecule has 0 radical (unpaired) electrons. The van der Waals surface area contributed by atoms with Crippen molar-refractivity contribution in [3.8, 4) is 0 Å². The molecule has 0 saturated carbocycles. The Kier molecular flexibility index (Phi) is 4.14. The molecule has 0 N–H and O–H groups in total. The average Bonchev–Trinajstić information content (AvgIpc) is 2.20. The molecule has 14 heavy (non-hydrogen) atoms. The fraction of sp³-hybridized carbons (Fsp3) is 0.364. The van der Waals surface area contributed by atoms with Crippen LogP contribution in [0.2, 0.25) is 0 Å². The summed E-state index contributed by atoms with van der Waals surface area (Å²) in [6, 6.07) is 7.95. The highest BCUT2D eigenvalue weighted by Gasteiger charge is 2.07. The number of carbonyl (C=O) groups is 1. The van der Waals surface area contributed by atoms with Gasteiger partial charge in [-0.15, -0.1) is 0 Å². The van der Waals surface area contributed by atoms with Gasteiger partial charge in [0.05, 0.1) is 0 Å². The molecular weight excluding hydrogens is 242 g/mol. The topological polar surface area (TPSA) is 20.3 Å². The number of halogens is 1. The zero-order valence-corrected chi connectivity index (χ0v) is 10.0. The van der Waals surface area contributed by atoms with Crippen LogP contribution in [0.4, 0.5) is 0 Å². The lowest BCUT2D eigenvalue weighted by molar-refractivity contribution is -0.130. The molecule has 0 aliphatic heterocycles. The van der Waals surface area contributed by atoms with Crippen LogP contribution >= 0.6 is 15.9 Å². The average molecular weight is 256 g/mol. The van der Waals surface area contributed by atoms with Gasteiger partial charge in [0, 0.05) is 24.5 Å². The van der Waals surface area contributed by atoms with E-state index in [0.29, 0.717) is 13.0 Å². The second kappa shape index (κ2) is 5.15. The van der Waals surface area contributed by atoms with E-state index in [1.54, 1.807) is 4.90 Å². The molecule has 0 unspecified atom stereocenters. The Morgan fingerprint density at radius 2 is 2.07 bits per heavy atom. The molecule has 0 fully saturated rings. The Morgan fingerprint density at radius 3 is 2.64 bits per heavy atom. The molecule has 1 aromatic rings. The standard InChI is InChI=1S/C11H14BrNO/c1-3-11(14)13(2)8-9-6-4-5-7-10(9)12/h4-7H,3,8H2,1-2H3. The van der Waals surface area contributed by atoms with Crippen LogP contribution in [0.5, 0.6) is 0 Å². The largest absolute Gasteiger partial charge is 0.341 e. The molecule has 0 saturated heterocycles. The quantitative estimate of drug-likeness (QED) is 0.814. The fourth-order valence-electron chi connectivity index (χ4n) is 1.24. The lowest BCUT2D eigenvalue weighted by Crippen LogP contribution is -2.25. The highest BCUT2D eigenvalue weighted by atomic mass is 79.9. The number of nitrogens with zero attached hydrogens (tertiary/aromatic N) is 1. The third-order valence-electron chi connectivity index (χ3n) is 2.09. The monoisotopic (exact) mass is 255 g/mol. The smallest absolute Gasteiger partial charge is 0.222 e. The number of rotatable bonds is 3. The molecule has 3 heteroatoms. The summed E-state index contributed by atoms with van der Waals surface area (Å²) in [6.07, 6.45) is 0.557. The molecule has 1 aromatic carbocycles. The third kappa shape index (κ3) is 2.84. The predicted molar refractivity (Wildman–Crippen MR) is 60.9 cm³/mol. The molecule has 0 aromatic heterocycles. The second-order valence-electron chi connectivity index (χ2n) is 3.19. The summed E-state index contributed by atoms with van der Waals surface area (Å²) in [5.74, 6) is 0.167. The lowest BCUT2D eigenvalue weighted by atomic mass is 10.2. The van der Waals surface area contributed by atoms with Crippen molar-refractivity contribution in [2.24, 2.45) is 0 Å². The predicted octanol–water partition coefficient (Wildman–Crippen LogP) is 2.82. The minimum absolute atomic E-state index is 0.167. The van der Waals surface area contributed by atoms with E-state index in [4.69, 9.17) is 0 Å². The molecular formula is C11H14BrNO. The number of hydrogen-bond acceptors (Lipinski definition) is 1. The minimum atomic E-state index is 0.167. The van der Waals surface area contributed by atoms with Crippen LogP contribution in [0, 0.1) is 0 Å². The number of amides is 1. The summed E-state index contributed by atoms with van der Waals surface area (Å²) in [5, 5.41) is 0. The van der Waals surface area contributed by atoms with E-state index in [1.165, 1.54) is 0 Å². The third-order valence-corrected chi connectivity index (χ3v) is 2.87. The molecule has 0 atom stereocenters. The van der Waals surface area contributed by atoms with E-state index in [-0.39, 0.29) is 5.91 Å². The van der Waals surface area contributed by atoms with Crippen molar-refractivity contribution >= 4 is 21.8 Å². The van der Waals surface area contributed by atoms with Gasteiger partial charge < -0.3 is 4.90 Å². The molecule has 0 heterocycles. The maximum atomic E-state index is 11.3. The van der Waals surface area contributed by atoms with Gasteiger partial charge in [0.1, 0.15) is 0 Å². The summed E-state index contributed by atoms with van der Waals surface area (Å²) < 4.78 is 1.05. The maximum absolute atomic E-state index is 11.3. The van der Waals surface area contributed by atoms with Gasteiger partial charge in [0.25, 0.3) is 0 Å². The lowest BCUT2D eigenvalue weighted by Gasteiger charge is -2.17. The molecule has 0 aliphatic rings. The van der Waals surface area contributed by atoms with Crippen molar-refractivity contribution < 1.29 is 4.79 Å². The van der Waals surface area contributed by atoms with Gasteiger partial charge in [-0.1, -0.05) is 41.1 Å². The van der Waals surface area contributed by atoms with Crippen molar-refractivity contribution in [2.75, 3.05) is 7.05 Å². The van der Waals surface area contributed by atoms with Crippen LogP contribution < -0.4 is 0 Å². The number of benzene rings is 1. The first-order valence-corrected chi connectivity index (χ1v) is 5.41. The Balaban J connectivity index is 2.69. The van der Waals surface area contributed by atoms with E-state index >= 15 is 0 Å². The second-order valence-corrected chi connectivity index (χ2v) is 4.05. The highest BCUT2D eigenvalue weighted by Crippen LogP contribution is 2.17. The Hall–Kier alpha value is -0.830. The SMILES string of the molecule is CCC(=O)N(C)Cc1ccccc1Br. The van der Waals surface area contributed by atoms with Gasteiger partial charge in [-0.25, -0.2) is 0 Å². The molecule has 2 nitrogen and oxygen atoms in total. The first-order chi connectivity index (χ1) is 6.65. The molecule has 0 spiro atoms. The Morgan fingerprint density at radius 1 is 1.43 bits per heavy atom. The van der Waals surface area contributed by atoms with Gasteiger partial charge >= 0.3 is 0 Å².